The number of nitrogens with one attached hydrogen (secondary N) is 1. The Balaban J connectivity index is 2.77. The van der Waals surface area contributed by atoms with Crippen LogP contribution in [0.3, 0.4) is 0 Å². The highest BCUT2D eigenvalue weighted by atomic mass is 79.9. The SMILES string of the molecule is CCOc1c(Br)cc(CNC(CO)CC(C)C)cc1OC. The van der Waals surface area contributed by atoms with Crippen LogP contribution in [0.5, 0.6) is 11.5 Å². The first-order valence-corrected chi connectivity index (χ1v) is 8.14. The molecule has 0 aromatic heterocycles. The fourth-order valence-electron chi connectivity index (χ4n) is 2.21. The van der Waals surface area contributed by atoms with Crippen LogP contribution in [0.4, 0.5) is 0 Å². The van der Waals surface area contributed by atoms with Crippen molar-refractivity contribution >= 4 is 15.9 Å². The van der Waals surface area contributed by atoms with Crippen LogP contribution in [-0.2, 0) is 6.54 Å². The fraction of sp³-hybridized carbons (Fsp3) is 0.625. The number of aliphatic hydroxyl groups excluding tert-OH is 1. The summed E-state index contributed by atoms with van der Waals surface area (Å²) in [5.74, 6) is 1.99. The highest BCUT2D eigenvalue weighted by Gasteiger charge is 2.13. The van der Waals surface area contributed by atoms with Crippen LogP contribution in [0.1, 0.15) is 32.8 Å². The molecule has 1 rings (SSSR count). The lowest BCUT2D eigenvalue weighted by Gasteiger charge is -2.19. The fourth-order valence-corrected chi connectivity index (χ4v) is 2.82. The van der Waals surface area contributed by atoms with Crippen molar-refractivity contribution < 1.29 is 14.6 Å². The third kappa shape index (κ3) is 5.85. The van der Waals surface area contributed by atoms with Crippen molar-refractivity contribution in [3.05, 3.63) is 22.2 Å². The summed E-state index contributed by atoms with van der Waals surface area (Å²) < 4.78 is 11.8. The van der Waals surface area contributed by atoms with Crippen LogP contribution in [0, 0.1) is 5.92 Å². The van der Waals surface area contributed by atoms with Crippen molar-refractivity contribution in [2.75, 3.05) is 20.3 Å². The van der Waals surface area contributed by atoms with Gasteiger partial charge in [-0.25, -0.2) is 0 Å². The minimum absolute atomic E-state index is 0.112. The van der Waals surface area contributed by atoms with E-state index in [-0.39, 0.29) is 12.6 Å². The van der Waals surface area contributed by atoms with Gasteiger partial charge < -0.3 is 19.9 Å². The van der Waals surface area contributed by atoms with E-state index < -0.39 is 0 Å². The molecule has 0 saturated heterocycles. The smallest absolute Gasteiger partial charge is 0.175 e. The van der Waals surface area contributed by atoms with E-state index in [1.807, 2.05) is 19.1 Å². The average molecular weight is 360 g/mol. The van der Waals surface area contributed by atoms with E-state index in [9.17, 15) is 5.11 Å². The van der Waals surface area contributed by atoms with Crippen LogP contribution in [0.25, 0.3) is 0 Å². The summed E-state index contributed by atoms with van der Waals surface area (Å²) in [6.07, 6.45) is 0.950. The summed E-state index contributed by atoms with van der Waals surface area (Å²) in [6.45, 7) is 7.67. The summed E-state index contributed by atoms with van der Waals surface area (Å²) in [6, 6.07) is 4.10. The normalized spacial score (nSPS) is 12.5. The number of halogens is 1. The first-order chi connectivity index (χ1) is 10.0. The zero-order valence-electron chi connectivity index (χ0n) is 13.3. The van der Waals surface area contributed by atoms with E-state index in [1.54, 1.807) is 7.11 Å². The molecule has 0 aliphatic heterocycles. The van der Waals surface area contributed by atoms with Crippen molar-refractivity contribution in [1.29, 1.82) is 0 Å². The number of methoxy groups -OCH3 is 1. The summed E-state index contributed by atoms with van der Waals surface area (Å²) in [5, 5.41) is 12.8. The Morgan fingerprint density at radius 3 is 2.57 bits per heavy atom. The molecule has 4 nitrogen and oxygen atoms in total. The predicted octanol–water partition coefficient (Wildman–Crippen LogP) is 3.35. The van der Waals surface area contributed by atoms with Crippen molar-refractivity contribution in [2.24, 2.45) is 5.92 Å². The first-order valence-electron chi connectivity index (χ1n) is 7.35. The Kier molecular flexibility index (Phi) is 8.07. The van der Waals surface area contributed by atoms with Gasteiger partial charge in [-0.2, -0.15) is 0 Å². The molecule has 21 heavy (non-hydrogen) atoms. The van der Waals surface area contributed by atoms with E-state index in [4.69, 9.17) is 9.47 Å². The second kappa shape index (κ2) is 9.28. The maximum atomic E-state index is 9.41. The summed E-state index contributed by atoms with van der Waals surface area (Å²) in [5.41, 5.74) is 1.09. The molecular formula is C16H26BrNO3. The van der Waals surface area contributed by atoms with Gasteiger partial charge in [-0.05, 0) is 52.9 Å². The van der Waals surface area contributed by atoms with E-state index in [1.165, 1.54) is 0 Å². The first kappa shape index (κ1) is 18.3. The van der Waals surface area contributed by atoms with Gasteiger partial charge in [0.15, 0.2) is 11.5 Å². The summed E-state index contributed by atoms with van der Waals surface area (Å²) >= 11 is 3.52. The number of hydrogen-bond acceptors (Lipinski definition) is 4. The Morgan fingerprint density at radius 2 is 2.05 bits per heavy atom. The lowest BCUT2D eigenvalue weighted by atomic mass is 10.0. The number of aliphatic hydroxyl groups is 1. The molecule has 0 fully saturated rings. The van der Waals surface area contributed by atoms with Crippen LogP contribution in [-0.4, -0.2) is 31.5 Å². The Bertz CT molecular complexity index is 438. The molecule has 0 heterocycles. The quantitative estimate of drug-likeness (QED) is 0.709. The molecule has 0 aliphatic rings. The minimum atomic E-state index is 0.112. The molecule has 0 saturated carbocycles. The van der Waals surface area contributed by atoms with Gasteiger partial charge in [-0.1, -0.05) is 13.8 Å². The van der Waals surface area contributed by atoms with E-state index >= 15 is 0 Å². The molecule has 0 spiro atoms. The number of ether oxygens (including phenoxy) is 2. The molecule has 1 atom stereocenters. The highest BCUT2D eigenvalue weighted by Crippen LogP contribution is 2.36. The monoisotopic (exact) mass is 359 g/mol. The van der Waals surface area contributed by atoms with Crippen molar-refractivity contribution in [1.82, 2.24) is 5.32 Å². The van der Waals surface area contributed by atoms with Crippen LogP contribution in [0.2, 0.25) is 0 Å². The number of rotatable bonds is 9. The molecule has 0 amide bonds. The average Bonchev–Trinajstić information content (AvgIpc) is 2.45. The molecule has 0 bridgehead atoms. The zero-order chi connectivity index (χ0) is 15.8. The van der Waals surface area contributed by atoms with E-state index in [0.29, 0.717) is 24.8 Å². The maximum absolute atomic E-state index is 9.41. The van der Waals surface area contributed by atoms with Gasteiger partial charge in [0.25, 0.3) is 0 Å². The maximum Gasteiger partial charge on any atom is 0.175 e. The van der Waals surface area contributed by atoms with Gasteiger partial charge in [0.05, 0.1) is 24.8 Å². The number of benzene rings is 1. The van der Waals surface area contributed by atoms with Gasteiger partial charge in [0.2, 0.25) is 0 Å². The second-order valence-corrected chi connectivity index (χ2v) is 6.29. The molecule has 0 radical (unpaired) electrons. The standard InChI is InChI=1S/C16H26BrNO3/c1-5-21-16-14(17)7-12(8-15(16)20-4)9-18-13(10-19)6-11(2)3/h7-8,11,13,18-19H,5-6,9-10H2,1-4H3. The van der Waals surface area contributed by atoms with Crippen molar-refractivity contribution in [2.45, 2.75) is 39.8 Å². The second-order valence-electron chi connectivity index (χ2n) is 5.43. The van der Waals surface area contributed by atoms with E-state index in [2.05, 4.69) is 35.1 Å². The predicted molar refractivity (Wildman–Crippen MR) is 89.0 cm³/mol. The molecule has 120 valence electrons. The highest BCUT2D eigenvalue weighted by molar-refractivity contribution is 9.10. The topological polar surface area (TPSA) is 50.7 Å². The summed E-state index contributed by atoms with van der Waals surface area (Å²) in [7, 11) is 1.64. The van der Waals surface area contributed by atoms with Gasteiger partial charge >= 0.3 is 0 Å². The van der Waals surface area contributed by atoms with Gasteiger partial charge in [0, 0.05) is 12.6 Å². The lowest BCUT2D eigenvalue weighted by molar-refractivity contribution is 0.223. The third-order valence-corrected chi connectivity index (χ3v) is 3.74. The lowest BCUT2D eigenvalue weighted by Crippen LogP contribution is -2.33. The molecule has 1 aromatic rings. The molecule has 1 aromatic carbocycles. The third-order valence-electron chi connectivity index (χ3n) is 3.15. The molecule has 1 unspecified atom stereocenters. The Morgan fingerprint density at radius 1 is 1.33 bits per heavy atom. The Labute approximate surface area is 136 Å². The molecular weight excluding hydrogens is 334 g/mol. The molecule has 2 N–H and O–H groups in total. The van der Waals surface area contributed by atoms with Crippen molar-refractivity contribution in [3.63, 3.8) is 0 Å². The van der Waals surface area contributed by atoms with Gasteiger partial charge in [-0.3, -0.25) is 0 Å². The van der Waals surface area contributed by atoms with Gasteiger partial charge in [-0.15, -0.1) is 0 Å². The largest absolute Gasteiger partial charge is 0.493 e. The van der Waals surface area contributed by atoms with Crippen LogP contribution in [0.15, 0.2) is 16.6 Å². The number of hydrogen-bond donors (Lipinski definition) is 2. The van der Waals surface area contributed by atoms with E-state index in [0.717, 1.165) is 22.2 Å². The van der Waals surface area contributed by atoms with Gasteiger partial charge in [0.1, 0.15) is 0 Å². The zero-order valence-corrected chi connectivity index (χ0v) is 14.9. The molecule has 5 heteroatoms. The van der Waals surface area contributed by atoms with Crippen LogP contribution >= 0.6 is 15.9 Å². The molecule has 0 aliphatic carbocycles. The minimum Gasteiger partial charge on any atom is -0.493 e. The van der Waals surface area contributed by atoms with Crippen molar-refractivity contribution in [3.8, 4) is 11.5 Å². The van der Waals surface area contributed by atoms with Crippen LogP contribution < -0.4 is 14.8 Å². The Hall–Kier alpha value is -0.780. The summed E-state index contributed by atoms with van der Waals surface area (Å²) in [4.78, 5) is 0.